The molecule has 0 saturated heterocycles. The average molecular weight is 292 g/mol. The van der Waals surface area contributed by atoms with Crippen molar-refractivity contribution in [3.05, 3.63) is 35.4 Å². The van der Waals surface area contributed by atoms with E-state index in [1.54, 1.807) is 28.6 Å². The molecule has 1 saturated carbocycles. The van der Waals surface area contributed by atoms with Gasteiger partial charge in [-0.25, -0.2) is 12.7 Å². The van der Waals surface area contributed by atoms with Crippen LogP contribution in [0.15, 0.2) is 24.3 Å². The highest BCUT2D eigenvalue weighted by molar-refractivity contribution is 7.88. The van der Waals surface area contributed by atoms with Crippen LogP contribution in [-0.4, -0.2) is 25.8 Å². The number of sulfonamides is 1. The van der Waals surface area contributed by atoms with E-state index in [0.717, 1.165) is 12.8 Å². The van der Waals surface area contributed by atoms with Crippen LogP contribution in [0.3, 0.4) is 0 Å². The summed E-state index contributed by atoms with van der Waals surface area (Å²) >= 11 is 0. The second-order valence-electron chi connectivity index (χ2n) is 5.27. The van der Waals surface area contributed by atoms with Crippen LogP contribution in [0.5, 0.6) is 0 Å². The number of nitriles is 1. The Morgan fingerprint density at radius 1 is 1.35 bits per heavy atom. The van der Waals surface area contributed by atoms with Gasteiger partial charge in [0.1, 0.15) is 0 Å². The van der Waals surface area contributed by atoms with Gasteiger partial charge in [-0.15, -0.1) is 0 Å². The zero-order valence-corrected chi connectivity index (χ0v) is 12.6. The normalized spacial score (nSPS) is 15.8. The Morgan fingerprint density at radius 3 is 2.60 bits per heavy atom. The molecule has 5 heteroatoms. The molecule has 1 aromatic carbocycles. The van der Waals surface area contributed by atoms with Crippen LogP contribution in [0.1, 0.15) is 37.3 Å². The van der Waals surface area contributed by atoms with E-state index in [0.29, 0.717) is 30.1 Å². The van der Waals surface area contributed by atoms with E-state index in [2.05, 4.69) is 6.07 Å². The van der Waals surface area contributed by atoms with Gasteiger partial charge in [0, 0.05) is 13.1 Å². The fraction of sp³-hybridized carbons (Fsp3) is 0.533. The van der Waals surface area contributed by atoms with Gasteiger partial charge >= 0.3 is 0 Å². The van der Waals surface area contributed by atoms with Gasteiger partial charge in [-0.1, -0.05) is 31.5 Å². The second kappa shape index (κ2) is 6.38. The van der Waals surface area contributed by atoms with E-state index in [4.69, 9.17) is 5.26 Å². The summed E-state index contributed by atoms with van der Waals surface area (Å²) < 4.78 is 26.5. The first kappa shape index (κ1) is 15.0. The molecule has 0 radical (unpaired) electrons. The highest BCUT2D eigenvalue weighted by atomic mass is 32.2. The maximum atomic E-state index is 12.5. The van der Waals surface area contributed by atoms with Gasteiger partial charge in [-0.2, -0.15) is 5.26 Å². The fourth-order valence-corrected chi connectivity index (χ4v) is 4.10. The highest BCUT2D eigenvalue weighted by Gasteiger charge is 2.27. The first-order valence-corrected chi connectivity index (χ1v) is 8.63. The number of hydrogen-bond donors (Lipinski definition) is 0. The molecule has 20 heavy (non-hydrogen) atoms. The van der Waals surface area contributed by atoms with Crippen molar-refractivity contribution in [3.63, 3.8) is 0 Å². The predicted molar refractivity (Wildman–Crippen MR) is 78.4 cm³/mol. The molecule has 4 nitrogen and oxygen atoms in total. The molecule has 108 valence electrons. The zero-order chi connectivity index (χ0) is 14.6. The molecule has 0 heterocycles. The van der Waals surface area contributed by atoms with E-state index in [-0.39, 0.29) is 5.75 Å². The first-order chi connectivity index (χ1) is 9.56. The van der Waals surface area contributed by atoms with Crippen molar-refractivity contribution < 1.29 is 8.42 Å². The van der Waals surface area contributed by atoms with Gasteiger partial charge in [-0.3, -0.25) is 0 Å². The van der Waals surface area contributed by atoms with Crippen LogP contribution < -0.4 is 0 Å². The summed E-state index contributed by atoms with van der Waals surface area (Å²) in [5.74, 6) is 0.424. The third kappa shape index (κ3) is 3.38. The summed E-state index contributed by atoms with van der Waals surface area (Å²) in [6.07, 6.45) is 3.46. The van der Waals surface area contributed by atoms with E-state index >= 15 is 0 Å². The Bertz CT molecular complexity index is 601. The highest BCUT2D eigenvalue weighted by Crippen LogP contribution is 2.28. The van der Waals surface area contributed by atoms with E-state index in [9.17, 15) is 8.42 Å². The van der Waals surface area contributed by atoms with Crippen molar-refractivity contribution in [2.24, 2.45) is 5.92 Å². The topological polar surface area (TPSA) is 61.2 Å². The van der Waals surface area contributed by atoms with Crippen molar-refractivity contribution in [3.8, 4) is 6.07 Å². The summed E-state index contributed by atoms with van der Waals surface area (Å²) in [4.78, 5) is 0. The molecule has 1 aliphatic carbocycles. The monoisotopic (exact) mass is 292 g/mol. The Labute approximate surface area is 121 Å². The van der Waals surface area contributed by atoms with Gasteiger partial charge in [0.25, 0.3) is 0 Å². The molecule has 0 aliphatic heterocycles. The molecule has 0 N–H and O–H groups in total. The lowest BCUT2D eigenvalue weighted by Crippen LogP contribution is -2.38. The van der Waals surface area contributed by atoms with Gasteiger partial charge < -0.3 is 0 Å². The van der Waals surface area contributed by atoms with Gasteiger partial charge in [0.05, 0.1) is 17.4 Å². The zero-order valence-electron chi connectivity index (χ0n) is 11.7. The fourth-order valence-electron chi connectivity index (χ4n) is 2.45. The lowest BCUT2D eigenvalue weighted by atomic mass is 9.85. The minimum absolute atomic E-state index is 0.0860. The molecule has 2 rings (SSSR count). The van der Waals surface area contributed by atoms with Crippen molar-refractivity contribution in [1.29, 1.82) is 5.26 Å². The van der Waals surface area contributed by atoms with E-state index in [1.165, 1.54) is 6.42 Å². The minimum Gasteiger partial charge on any atom is -0.212 e. The third-order valence-electron chi connectivity index (χ3n) is 3.91. The molecular weight excluding hydrogens is 272 g/mol. The maximum absolute atomic E-state index is 12.5. The Hall–Kier alpha value is -1.38. The van der Waals surface area contributed by atoms with Crippen molar-refractivity contribution >= 4 is 10.0 Å². The minimum atomic E-state index is -3.35. The predicted octanol–water partition coefficient (Wildman–Crippen LogP) is 2.51. The Morgan fingerprint density at radius 2 is 2.05 bits per heavy atom. The molecule has 0 bridgehead atoms. The van der Waals surface area contributed by atoms with Crippen LogP contribution in [-0.2, 0) is 15.8 Å². The van der Waals surface area contributed by atoms with Crippen LogP contribution >= 0.6 is 0 Å². The summed E-state index contributed by atoms with van der Waals surface area (Å²) in [5.41, 5.74) is 1.03. The standard InChI is InChI=1S/C15H20N2O2S/c1-2-17(11-13-6-5-7-13)20(18,19)12-15-9-4-3-8-14(15)10-16/h3-4,8-9,13H,2,5-7,11-12H2,1H3. The average Bonchev–Trinajstić information content (AvgIpc) is 2.37. The number of nitrogens with zero attached hydrogens (tertiary/aromatic N) is 2. The molecule has 1 aliphatic rings. The Kier molecular flexibility index (Phi) is 4.79. The van der Waals surface area contributed by atoms with Crippen LogP contribution in [0, 0.1) is 17.2 Å². The Balaban J connectivity index is 2.14. The summed E-state index contributed by atoms with van der Waals surface area (Å²) in [5, 5.41) is 9.05. The van der Waals surface area contributed by atoms with Crippen molar-refractivity contribution in [2.45, 2.75) is 31.9 Å². The van der Waals surface area contributed by atoms with Crippen LogP contribution in [0.25, 0.3) is 0 Å². The summed E-state index contributed by atoms with van der Waals surface area (Å²) in [7, 11) is -3.35. The van der Waals surface area contributed by atoms with Gasteiger partial charge in [-0.05, 0) is 30.4 Å². The molecular formula is C15H20N2O2S. The molecule has 0 aromatic heterocycles. The van der Waals surface area contributed by atoms with E-state index < -0.39 is 10.0 Å². The lowest BCUT2D eigenvalue weighted by molar-refractivity contribution is 0.250. The van der Waals surface area contributed by atoms with Gasteiger partial charge in [0.15, 0.2) is 0 Å². The molecule has 0 atom stereocenters. The summed E-state index contributed by atoms with van der Waals surface area (Å²) in [6.45, 7) is 2.98. The second-order valence-corrected chi connectivity index (χ2v) is 7.24. The smallest absolute Gasteiger partial charge is 0.212 e. The third-order valence-corrected chi connectivity index (χ3v) is 5.78. The number of hydrogen-bond acceptors (Lipinski definition) is 3. The molecule has 0 spiro atoms. The van der Waals surface area contributed by atoms with Crippen molar-refractivity contribution in [1.82, 2.24) is 4.31 Å². The molecule has 0 unspecified atom stereocenters. The quantitative estimate of drug-likeness (QED) is 0.809. The van der Waals surface area contributed by atoms with Crippen LogP contribution in [0.4, 0.5) is 0 Å². The molecule has 1 fully saturated rings. The lowest BCUT2D eigenvalue weighted by Gasteiger charge is -2.31. The van der Waals surface area contributed by atoms with Crippen molar-refractivity contribution in [2.75, 3.05) is 13.1 Å². The molecule has 0 amide bonds. The largest absolute Gasteiger partial charge is 0.218 e. The van der Waals surface area contributed by atoms with Gasteiger partial charge in [0.2, 0.25) is 10.0 Å². The maximum Gasteiger partial charge on any atom is 0.218 e. The summed E-state index contributed by atoms with van der Waals surface area (Å²) in [6, 6.07) is 8.95. The SMILES string of the molecule is CCN(CC1CCC1)S(=O)(=O)Cc1ccccc1C#N. The van der Waals surface area contributed by atoms with Crippen LogP contribution in [0.2, 0.25) is 0 Å². The molecule has 1 aromatic rings. The number of rotatable bonds is 6. The number of benzene rings is 1. The first-order valence-electron chi connectivity index (χ1n) is 7.02. The van der Waals surface area contributed by atoms with E-state index in [1.807, 2.05) is 6.92 Å².